The Morgan fingerprint density at radius 3 is 2.68 bits per heavy atom. The van der Waals surface area contributed by atoms with Crippen molar-refractivity contribution in [3.05, 3.63) is 56.7 Å². The molecular weight excluding hydrogens is 392 g/mol. The zero-order valence-electron chi connectivity index (χ0n) is 13.1. The van der Waals surface area contributed by atoms with Crippen molar-refractivity contribution in [2.45, 2.75) is 0 Å². The van der Waals surface area contributed by atoms with Gasteiger partial charge in [0.15, 0.2) is 0 Å². The number of carbonyl (C=O) groups excluding carboxylic acids is 1. The number of ether oxygens (including phenoxy) is 1. The van der Waals surface area contributed by atoms with Crippen molar-refractivity contribution in [3.63, 3.8) is 0 Å². The second-order valence-corrected chi connectivity index (χ2v) is 6.29. The average Bonchev–Trinajstić information content (AvgIpc) is 2.63. The molecule has 1 amide bonds. The van der Waals surface area contributed by atoms with E-state index in [1.807, 2.05) is 4.90 Å². The molecule has 8 nitrogen and oxygen atoms in total. The predicted molar refractivity (Wildman–Crippen MR) is 96.0 cm³/mol. The van der Waals surface area contributed by atoms with Gasteiger partial charge in [-0.05, 0) is 40.2 Å². The summed E-state index contributed by atoms with van der Waals surface area (Å²) in [6, 6.07) is 7.85. The molecule has 130 valence electrons. The molecular formula is C16H15BrN4O4. The van der Waals surface area contributed by atoms with Crippen molar-refractivity contribution >= 4 is 39.0 Å². The second kappa shape index (κ2) is 7.58. The minimum Gasteiger partial charge on any atom is -0.378 e. The summed E-state index contributed by atoms with van der Waals surface area (Å²) in [5.41, 5.74) is 0.596. The summed E-state index contributed by atoms with van der Waals surface area (Å²) >= 11 is 3.26. The maximum absolute atomic E-state index is 12.3. The van der Waals surface area contributed by atoms with Gasteiger partial charge in [-0.2, -0.15) is 0 Å². The lowest BCUT2D eigenvalue weighted by molar-refractivity contribution is -0.384. The van der Waals surface area contributed by atoms with Gasteiger partial charge in [-0.15, -0.1) is 0 Å². The fourth-order valence-corrected chi connectivity index (χ4v) is 2.76. The van der Waals surface area contributed by atoms with Crippen LogP contribution in [0.15, 0.2) is 41.0 Å². The number of nitro groups is 1. The first-order valence-corrected chi connectivity index (χ1v) is 8.38. The first-order valence-electron chi connectivity index (χ1n) is 7.58. The molecule has 25 heavy (non-hydrogen) atoms. The number of benzene rings is 1. The smallest absolute Gasteiger partial charge is 0.293 e. The van der Waals surface area contributed by atoms with Crippen LogP contribution in [0.4, 0.5) is 17.2 Å². The summed E-state index contributed by atoms with van der Waals surface area (Å²) in [6.07, 6.45) is 1.56. The van der Waals surface area contributed by atoms with E-state index in [0.717, 1.165) is 4.47 Å². The van der Waals surface area contributed by atoms with Crippen molar-refractivity contribution in [2.24, 2.45) is 0 Å². The number of nitro benzene ring substituents is 1. The Balaban J connectivity index is 1.84. The van der Waals surface area contributed by atoms with Gasteiger partial charge in [0, 0.05) is 35.4 Å². The quantitative estimate of drug-likeness (QED) is 0.619. The van der Waals surface area contributed by atoms with Gasteiger partial charge in [-0.3, -0.25) is 14.9 Å². The van der Waals surface area contributed by atoms with Gasteiger partial charge in [0.25, 0.3) is 11.6 Å². The Labute approximate surface area is 152 Å². The lowest BCUT2D eigenvalue weighted by atomic mass is 10.1. The molecule has 1 aliphatic rings. The second-order valence-electron chi connectivity index (χ2n) is 5.38. The average molecular weight is 407 g/mol. The molecule has 1 saturated heterocycles. The molecule has 0 radical (unpaired) electrons. The largest absolute Gasteiger partial charge is 0.378 e. The van der Waals surface area contributed by atoms with Crippen LogP contribution in [-0.2, 0) is 4.74 Å². The Bertz CT molecular complexity index is 791. The number of aromatic nitrogens is 1. The van der Waals surface area contributed by atoms with Crippen LogP contribution in [0.1, 0.15) is 10.4 Å². The summed E-state index contributed by atoms with van der Waals surface area (Å²) in [6.45, 7) is 2.20. The third-order valence-electron chi connectivity index (χ3n) is 3.76. The highest BCUT2D eigenvalue weighted by atomic mass is 79.9. The van der Waals surface area contributed by atoms with Crippen molar-refractivity contribution in [3.8, 4) is 0 Å². The Kier molecular flexibility index (Phi) is 5.25. The number of nitrogens with one attached hydrogen (secondary N) is 1. The van der Waals surface area contributed by atoms with E-state index in [0.29, 0.717) is 37.8 Å². The number of carbonyl (C=O) groups is 1. The summed E-state index contributed by atoms with van der Waals surface area (Å²) in [5.74, 6) is -0.0837. The molecule has 2 aromatic rings. The van der Waals surface area contributed by atoms with Gasteiger partial charge in [-0.25, -0.2) is 4.98 Å². The number of morpholine rings is 1. The molecule has 0 atom stereocenters. The van der Waals surface area contributed by atoms with Crippen LogP contribution in [0, 0.1) is 10.1 Å². The minimum absolute atomic E-state index is 0.0988. The number of amides is 1. The summed E-state index contributed by atoms with van der Waals surface area (Å²) in [4.78, 5) is 29.2. The normalized spacial score (nSPS) is 14.2. The van der Waals surface area contributed by atoms with Gasteiger partial charge < -0.3 is 15.0 Å². The molecule has 1 fully saturated rings. The number of halogens is 1. The molecule has 3 rings (SSSR count). The van der Waals surface area contributed by atoms with E-state index in [1.165, 1.54) is 6.07 Å². The van der Waals surface area contributed by atoms with Crippen LogP contribution in [0.2, 0.25) is 0 Å². The van der Waals surface area contributed by atoms with Crippen LogP contribution in [0.3, 0.4) is 0 Å². The van der Waals surface area contributed by atoms with Crippen molar-refractivity contribution in [1.29, 1.82) is 0 Å². The van der Waals surface area contributed by atoms with Gasteiger partial charge in [0.05, 0.1) is 18.1 Å². The molecule has 1 aliphatic heterocycles. The van der Waals surface area contributed by atoms with Crippen LogP contribution in [0.5, 0.6) is 0 Å². The third kappa shape index (κ3) is 4.12. The molecule has 1 aromatic heterocycles. The third-order valence-corrected chi connectivity index (χ3v) is 4.22. The number of anilines is 2. The fraction of sp³-hybridized carbons (Fsp3) is 0.250. The van der Waals surface area contributed by atoms with Crippen LogP contribution >= 0.6 is 15.9 Å². The number of pyridine rings is 1. The minimum atomic E-state index is -0.473. The Morgan fingerprint density at radius 1 is 1.28 bits per heavy atom. The highest BCUT2D eigenvalue weighted by Gasteiger charge is 2.23. The molecule has 9 heteroatoms. The molecule has 0 unspecified atom stereocenters. The topological polar surface area (TPSA) is 97.6 Å². The SMILES string of the molecule is O=C(Nc1ccc(Br)cn1)c1ccc(N2CCOCC2)c([N+](=O)[O-])c1. The van der Waals surface area contributed by atoms with Crippen LogP contribution < -0.4 is 10.2 Å². The predicted octanol–water partition coefficient (Wildman–Crippen LogP) is 2.84. The van der Waals surface area contributed by atoms with E-state index in [2.05, 4.69) is 26.2 Å². The maximum Gasteiger partial charge on any atom is 0.293 e. The first-order chi connectivity index (χ1) is 12.0. The van der Waals surface area contributed by atoms with E-state index in [4.69, 9.17) is 4.74 Å². The Morgan fingerprint density at radius 2 is 2.04 bits per heavy atom. The number of hydrogen-bond acceptors (Lipinski definition) is 6. The monoisotopic (exact) mass is 406 g/mol. The molecule has 1 aromatic carbocycles. The first kappa shape index (κ1) is 17.3. The van der Waals surface area contributed by atoms with Gasteiger partial charge in [0.2, 0.25) is 0 Å². The maximum atomic E-state index is 12.3. The van der Waals surface area contributed by atoms with Crippen molar-refractivity contribution in [1.82, 2.24) is 4.98 Å². The van der Waals surface area contributed by atoms with Crippen molar-refractivity contribution in [2.75, 3.05) is 36.5 Å². The van der Waals surface area contributed by atoms with Gasteiger partial charge in [-0.1, -0.05) is 0 Å². The van der Waals surface area contributed by atoms with E-state index in [9.17, 15) is 14.9 Å². The van der Waals surface area contributed by atoms with Crippen LogP contribution in [0.25, 0.3) is 0 Å². The van der Waals surface area contributed by atoms with Gasteiger partial charge >= 0.3 is 0 Å². The van der Waals surface area contributed by atoms with E-state index in [1.54, 1.807) is 30.5 Å². The zero-order chi connectivity index (χ0) is 17.8. The summed E-state index contributed by atoms with van der Waals surface area (Å²) in [5, 5.41) is 14.1. The fourth-order valence-electron chi connectivity index (χ4n) is 2.52. The highest BCUT2D eigenvalue weighted by molar-refractivity contribution is 9.10. The van der Waals surface area contributed by atoms with E-state index < -0.39 is 10.8 Å². The standard InChI is InChI=1S/C16H15BrN4O4/c17-12-2-4-15(18-10-12)19-16(22)11-1-3-13(14(9-11)21(23)24)20-5-7-25-8-6-20/h1-4,9-10H,5-8H2,(H,18,19,22). The number of nitrogens with zero attached hydrogens (tertiary/aromatic N) is 3. The van der Waals surface area contributed by atoms with Crippen LogP contribution in [-0.4, -0.2) is 42.1 Å². The molecule has 0 spiro atoms. The summed E-state index contributed by atoms with van der Waals surface area (Å²) < 4.78 is 6.06. The number of hydrogen-bond donors (Lipinski definition) is 1. The highest BCUT2D eigenvalue weighted by Crippen LogP contribution is 2.30. The zero-order valence-corrected chi connectivity index (χ0v) is 14.7. The lowest BCUT2D eigenvalue weighted by Crippen LogP contribution is -2.36. The van der Waals surface area contributed by atoms with Crippen molar-refractivity contribution < 1.29 is 14.5 Å². The number of rotatable bonds is 4. The molecule has 0 saturated carbocycles. The molecule has 1 N–H and O–H groups in total. The van der Waals surface area contributed by atoms with Gasteiger partial charge in [0.1, 0.15) is 11.5 Å². The molecule has 2 heterocycles. The van der Waals surface area contributed by atoms with E-state index in [-0.39, 0.29) is 11.3 Å². The molecule has 0 aliphatic carbocycles. The Hall–Kier alpha value is -2.52. The summed E-state index contributed by atoms with van der Waals surface area (Å²) in [7, 11) is 0. The van der Waals surface area contributed by atoms with E-state index >= 15 is 0 Å². The molecule has 0 bridgehead atoms. The lowest BCUT2D eigenvalue weighted by Gasteiger charge is -2.28.